The second-order valence-corrected chi connectivity index (χ2v) is 3.69. The standard InChI is InChI=1S/C11H15N/c1-2-11(8-10(11)12)9-6-4-3-5-7-9/h3-7,10H,2,8,12H2,1H3. The summed E-state index contributed by atoms with van der Waals surface area (Å²) in [7, 11) is 0. The molecule has 0 heterocycles. The number of nitrogens with two attached hydrogens (primary N) is 1. The SMILES string of the molecule is CCC1(c2ccccc2)CC1N. The zero-order chi connectivity index (χ0) is 8.60. The number of hydrogen-bond acceptors (Lipinski definition) is 1. The normalized spacial score (nSPS) is 33.3. The van der Waals surface area contributed by atoms with Gasteiger partial charge in [0.05, 0.1) is 0 Å². The highest BCUT2D eigenvalue weighted by Gasteiger charge is 2.51. The van der Waals surface area contributed by atoms with Crippen LogP contribution in [-0.2, 0) is 5.41 Å². The fraction of sp³-hybridized carbons (Fsp3) is 0.455. The maximum atomic E-state index is 5.94. The van der Waals surface area contributed by atoms with E-state index in [0.717, 1.165) is 12.8 Å². The summed E-state index contributed by atoms with van der Waals surface area (Å²) in [6, 6.07) is 11.0. The Hall–Kier alpha value is -0.820. The Bertz CT molecular complexity index is 264. The quantitative estimate of drug-likeness (QED) is 0.706. The van der Waals surface area contributed by atoms with Gasteiger partial charge in [0.15, 0.2) is 0 Å². The van der Waals surface area contributed by atoms with E-state index in [1.54, 1.807) is 0 Å². The van der Waals surface area contributed by atoms with Crippen molar-refractivity contribution in [2.45, 2.75) is 31.2 Å². The Morgan fingerprint density at radius 3 is 2.42 bits per heavy atom. The van der Waals surface area contributed by atoms with Crippen LogP contribution >= 0.6 is 0 Å². The molecule has 1 nitrogen and oxygen atoms in total. The number of hydrogen-bond donors (Lipinski definition) is 1. The molecular weight excluding hydrogens is 146 g/mol. The Balaban J connectivity index is 2.31. The molecule has 0 amide bonds. The zero-order valence-corrected chi connectivity index (χ0v) is 7.46. The monoisotopic (exact) mass is 161 g/mol. The molecule has 0 saturated heterocycles. The molecule has 1 aliphatic rings. The topological polar surface area (TPSA) is 26.0 Å². The van der Waals surface area contributed by atoms with Gasteiger partial charge in [0.25, 0.3) is 0 Å². The fourth-order valence-corrected chi connectivity index (χ4v) is 2.05. The lowest BCUT2D eigenvalue weighted by Crippen LogP contribution is -2.17. The van der Waals surface area contributed by atoms with Crippen LogP contribution in [0.15, 0.2) is 30.3 Å². The molecule has 1 aromatic carbocycles. The molecule has 1 aliphatic carbocycles. The van der Waals surface area contributed by atoms with Crippen LogP contribution in [0.1, 0.15) is 25.3 Å². The molecule has 64 valence electrons. The van der Waals surface area contributed by atoms with Gasteiger partial charge in [-0.1, -0.05) is 37.3 Å². The van der Waals surface area contributed by atoms with Crippen LogP contribution in [0, 0.1) is 0 Å². The lowest BCUT2D eigenvalue weighted by molar-refractivity contribution is 0.635. The van der Waals surface area contributed by atoms with Gasteiger partial charge in [0.1, 0.15) is 0 Å². The Kier molecular flexibility index (Phi) is 1.69. The third-order valence-corrected chi connectivity index (χ3v) is 3.11. The summed E-state index contributed by atoms with van der Waals surface area (Å²) in [5.41, 5.74) is 7.68. The van der Waals surface area contributed by atoms with Crippen LogP contribution in [-0.4, -0.2) is 6.04 Å². The minimum absolute atomic E-state index is 0.321. The van der Waals surface area contributed by atoms with Crippen LogP contribution in [0.4, 0.5) is 0 Å². The lowest BCUT2D eigenvalue weighted by Gasteiger charge is -2.13. The van der Waals surface area contributed by atoms with Crippen LogP contribution < -0.4 is 5.73 Å². The molecule has 1 fully saturated rings. The molecule has 2 N–H and O–H groups in total. The molecular formula is C11H15N. The van der Waals surface area contributed by atoms with Crippen molar-refractivity contribution in [3.63, 3.8) is 0 Å². The highest BCUT2D eigenvalue weighted by atomic mass is 14.8. The molecule has 2 unspecified atom stereocenters. The van der Waals surface area contributed by atoms with Crippen LogP contribution in [0.2, 0.25) is 0 Å². The Morgan fingerprint density at radius 1 is 1.42 bits per heavy atom. The summed E-state index contributed by atoms with van der Waals surface area (Å²) < 4.78 is 0. The zero-order valence-electron chi connectivity index (χ0n) is 7.46. The van der Waals surface area contributed by atoms with Gasteiger partial charge in [-0.25, -0.2) is 0 Å². The van der Waals surface area contributed by atoms with Gasteiger partial charge in [-0.15, -0.1) is 0 Å². The maximum absolute atomic E-state index is 5.94. The first kappa shape index (κ1) is 7.81. The smallest absolute Gasteiger partial charge is 0.0146 e. The van der Waals surface area contributed by atoms with E-state index in [9.17, 15) is 0 Å². The van der Waals surface area contributed by atoms with Gasteiger partial charge < -0.3 is 5.73 Å². The van der Waals surface area contributed by atoms with E-state index in [0.29, 0.717) is 11.5 Å². The van der Waals surface area contributed by atoms with Crippen molar-refractivity contribution in [3.8, 4) is 0 Å². The Labute approximate surface area is 73.6 Å². The first-order chi connectivity index (χ1) is 5.79. The molecule has 1 saturated carbocycles. The third kappa shape index (κ3) is 0.969. The highest BCUT2D eigenvalue weighted by Crippen LogP contribution is 2.49. The summed E-state index contributed by atoms with van der Waals surface area (Å²) in [5.74, 6) is 0. The first-order valence-electron chi connectivity index (χ1n) is 4.61. The molecule has 1 aromatic rings. The molecule has 0 bridgehead atoms. The van der Waals surface area contributed by atoms with Crippen molar-refractivity contribution >= 4 is 0 Å². The predicted octanol–water partition coefficient (Wildman–Crippen LogP) is 2.07. The van der Waals surface area contributed by atoms with E-state index in [1.165, 1.54) is 5.56 Å². The minimum atomic E-state index is 0.321. The predicted molar refractivity (Wildman–Crippen MR) is 51.0 cm³/mol. The largest absolute Gasteiger partial charge is 0.327 e. The molecule has 0 aromatic heterocycles. The van der Waals surface area contributed by atoms with Gasteiger partial charge in [0.2, 0.25) is 0 Å². The molecule has 0 aliphatic heterocycles. The summed E-state index contributed by atoms with van der Waals surface area (Å²) in [6.45, 7) is 2.22. The van der Waals surface area contributed by atoms with E-state index >= 15 is 0 Å². The fourth-order valence-electron chi connectivity index (χ4n) is 2.05. The van der Waals surface area contributed by atoms with Crippen molar-refractivity contribution in [2.24, 2.45) is 5.73 Å². The van der Waals surface area contributed by atoms with Gasteiger partial charge in [-0.05, 0) is 18.4 Å². The third-order valence-electron chi connectivity index (χ3n) is 3.11. The van der Waals surface area contributed by atoms with E-state index in [2.05, 4.69) is 37.3 Å². The van der Waals surface area contributed by atoms with Gasteiger partial charge in [-0.3, -0.25) is 0 Å². The summed E-state index contributed by atoms with van der Waals surface area (Å²) in [5, 5.41) is 0. The summed E-state index contributed by atoms with van der Waals surface area (Å²) >= 11 is 0. The summed E-state index contributed by atoms with van der Waals surface area (Å²) in [6.07, 6.45) is 2.33. The second kappa shape index (κ2) is 2.60. The van der Waals surface area contributed by atoms with Crippen molar-refractivity contribution in [2.75, 3.05) is 0 Å². The van der Waals surface area contributed by atoms with E-state index in [-0.39, 0.29) is 0 Å². The lowest BCUT2D eigenvalue weighted by atomic mass is 9.92. The van der Waals surface area contributed by atoms with Crippen LogP contribution in [0.5, 0.6) is 0 Å². The number of rotatable bonds is 2. The van der Waals surface area contributed by atoms with Gasteiger partial charge in [-0.2, -0.15) is 0 Å². The molecule has 1 heteroatoms. The molecule has 0 radical (unpaired) electrons. The molecule has 0 spiro atoms. The molecule has 12 heavy (non-hydrogen) atoms. The van der Waals surface area contributed by atoms with Crippen molar-refractivity contribution < 1.29 is 0 Å². The van der Waals surface area contributed by atoms with Crippen molar-refractivity contribution in [1.82, 2.24) is 0 Å². The highest BCUT2D eigenvalue weighted by molar-refractivity contribution is 5.35. The molecule has 2 atom stereocenters. The van der Waals surface area contributed by atoms with E-state index in [1.807, 2.05) is 0 Å². The van der Waals surface area contributed by atoms with Gasteiger partial charge >= 0.3 is 0 Å². The van der Waals surface area contributed by atoms with Crippen LogP contribution in [0.3, 0.4) is 0 Å². The van der Waals surface area contributed by atoms with E-state index < -0.39 is 0 Å². The Morgan fingerprint density at radius 2 is 2.00 bits per heavy atom. The van der Waals surface area contributed by atoms with Crippen molar-refractivity contribution in [3.05, 3.63) is 35.9 Å². The maximum Gasteiger partial charge on any atom is 0.0146 e. The van der Waals surface area contributed by atoms with Crippen LogP contribution in [0.25, 0.3) is 0 Å². The minimum Gasteiger partial charge on any atom is -0.327 e. The van der Waals surface area contributed by atoms with E-state index in [4.69, 9.17) is 5.73 Å². The summed E-state index contributed by atoms with van der Waals surface area (Å²) in [4.78, 5) is 0. The van der Waals surface area contributed by atoms with Crippen molar-refractivity contribution in [1.29, 1.82) is 0 Å². The molecule has 2 rings (SSSR count). The average molecular weight is 161 g/mol. The first-order valence-corrected chi connectivity index (χ1v) is 4.61. The second-order valence-electron chi connectivity index (χ2n) is 3.69. The average Bonchev–Trinajstić information content (AvgIpc) is 2.80. The number of benzene rings is 1. The van der Waals surface area contributed by atoms with Gasteiger partial charge in [0, 0.05) is 11.5 Å².